The zero-order valence-corrected chi connectivity index (χ0v) is 9.08. The van der Waals surface area contributed by atoms with E-state index in [-0.39, 0.29) is 0 Å². The number of rotatable bonds is 5. The van der Waals surface area contributed by atoms with Crippen LogP contribution in [0, 0.1) is 6.92 Å². The first-order valence-corrected chi connectivity index (χ1v) is 5.48. The van der Waals surface area contributed by atoms with Crippen LogP contribution in [0.4, 0.5) is 10.8 Å². The molecule has 0 bridgehead atoms. The quantitative estimate of drug-likeness (QED) is 0.717. The van der Waals surface area contributed by atoms with Gasteiger partial charge in [0.2, 0.25) is 0 Å². The van der Waals surface area contributed by atoms with Gasteiger partial charge in [-0.05, 0) is 24.9 Å². The molecule has 3 N–H and O–H groups in total. The summed E-state index contributed by atoms with van der Waals surface area (Å²) >= 11 is 1.45. The Balaban J connectivity index is 2.32. The first-order chi connectivity index (χ1) is 6.25. The van der Waals surface area contributed by atoms with Gasteiger partial charge in [0.05, 0.1) is 0 Å². The van der Waals surface area contributed by atoms with Crippen molar-refractivity contribution in [1.82, 2.24) is 4.37 Å². The minimum Gasteiger partial charge on any atom is -0.383 e. The van der Waals surface area contributed by atoms with E-state index in [1.807, 2.05) is 6.92 Å². The summed E-state index contributed by atoms with van der Waals surface area (Å²) in [5.41, 5.74) is 6.72. The summed E-state index contributed by atoms with van der Waals surface area (Å²) in [6, 6.07) is 0. The van der Waals surface area contributed by atoms with Crippen molar-refractivity contribution in [3.05, 3.63) is 5.56 Å². The van der Waals surface area contributed by atoms with Gasteiger partial charge in [0.1, 0.15) is 10.8 Å². The molecule has 0 saturated carbocycles. The number of anilines is 2. The van der Waals surface area contributed by atoms with Gasteiger partial charge >= 0.3 is 0 Å². The van der Waals surface area contributed by atoms with Crippen LogP contribution >= 0.6 is 11.5 Å². The Morgan fingerprint density at radius 2 is 2.23 bits per heavy atom. The molecule has 1 aromatic heterocycles. The van der Waals surface area contributed by atoms with Crippen LogP contribution in [0.3, 0.4) is 0 Å². The molecular formula is C9H17N3S. The Hall–Kier alpha value is -0.770. The highest BCUT2D eigenvalue weighted by Crippen LogP contribution is 2.24. The molecule has 0 amide bonds. The van der Waals surface area contributed by atoms with Crippen LogP contribution in [0.2, 0.25) is 0 Å². The van der Waals surface area contributed by atoms with Crippen molar-refractivity contribution < 1.29 is 0 Å². The average molecular weight is 199 g/mol. The van der Waals surface area contributed by atoms with Crippen LogP contribution < -0.4 is 11.1 Å². The van der Waals surface area contributed by atoms with E-state index in [1.54, 1.807) is 0 Å². The molecule has 0 aromatic carbocycles. The predicted octanol–water partition coefficient (Wildman–Crippen LogP) is 2.64. The zero-order valence-electron chi connectivity index (χ0n) is 8.26. The lowest BCUT2D eigenvalue weighted by molar-refractivity contribution is 0.744. The maximum absolute atomic E-state index is 5.63. The summed E-state index contributed by atoms with van der Waals surface area (Å²) in [4.78, 5) is 0. The van der Waals surface area contributed by atoms with Crippen LogP contribution in [-0.2, 0) is 0 Å². The molecule has 0 aliphatic carbocycles. The molecule has 74 valence electrons. The van der Waals surface area contributed by atoms with Gasteiger partial charge in [-0.15, -0.1) is 0 Å². The Bertz CT molecular complexity index is 257. The lowest BCUT2D eigenvalue weighted by atomic mass is 10.2. The topological polar surface area (TPSA) is 50.9 Å². The van der Waals surface area contributed by atoms with Crippen LogP contribution in [-0.4, -0.2) is 10.9 Å². The maximum atomic E-state index is 5.63. The van der Waals surface area contributed by atoms with Gasteiger partial charge < -0.3 is 11.1 Å². The molecule has 13 heavy (non-hydrogen) atoms. The molecule has 0 radical (unpaired) electrons. The molecule has 0 fully saturated rings. The number of hydrogen-bond donors (Lipinski definition) is 2. The SMILES string of the molecule is CCCCCNc1snc(N)c1C. The summed E-state index contributed by atoms with van der Waals surface area (Å²) in [7, 11) is 0. The van der Waals surface area contributed by atoms with Crippen LogP contribution in [0.1, 0.15) is 31.7 Å². The van der Waals surface area contributed by atoms with E-state index in [2.05, 4.69) is 16.6 Å². The summed E-state index contributed by atoms with van der Waals surface area (Å²) in [5.74, 6) is 0.656. The number of nitrogens with one attached hydrogen (secondary N) is 1. The van der Waals surface area contributed by atoms with Gasteiger partial charge in [0, 0.05) is 12.1 Å². The first kappa shape index (κ1) is 10.3. The van der Waals surface area contributed by atoms with E-state index in [4.69, 9.17) is 5.73 Å². The Morgan fingerprint density at radius 1 is 1.46 bits per heavy atom. The van der Waals surface area contributed by atoms with Gasteiger partial charge in [-0.25, -0.2) is 0 Å². The minimum atomic E-state index is 0.656. The minimum absolute atomic E-state index is 0.656. The standard InChI is InChI=1S/C9H17N3S/c1-3-4-5-6-11-9-7(2)8(10)12-13-9/h11H,3-6H2,1-2H3,(H2,10,12). The highest BCUT2D eigenvalue weighted by molar-refractivity contribution is 7.10. The maximum Gasteiger partial charge on any atom is 0.142 e. The molecule has 0 unspecified atom stereocenters. The number of nitrogens with two attached hydrogens (primary N) is 1. The van der Waals surface area contributed by atoms with Crippen molar-refractivity contribution in [3.8, 4) is 0 Å². The second kappa shape index (κ2) is 5.07. The van der Waals surface area contributed by atoms with Crippen molar-refractivity contribution in [2.24, 2.45) is 0 Å². The van der Waals surface area contributed by atoms with Gasteiger partial charge in [-0.1, -0.05) is 19.8 Å². The van der Waals surface area contributed by atoms with Crippen LogP contribution in [0.5, 0.6) is 0 Å². The van der Waals surface area contributed by atoms with Crippen LogP contribution in [0.25, 0.3) is 0 Å². The molecule has 0 atom stereocenters. The summed E-state index contributed by atoms with van der Waals surface area (Å²) in [5, 5.41) is 4.46. The summed E-state index contributed by atoms with van der Waals surface area (Å²) in [6.45, 7) is 5.23. The van der Waals surface area contributed by atoms with E-state index in [1.165, 1.54) is 30.8 Å². The van der Waals surface area contributed by atoms with Gasteiger partial charge in [-0.3, -0.25) is 0 Å². The molecule has 1 aromatic rings. The third kappa shape index (κ3) is 2.88. The molecule has 4 heteroatoms. The van der Waals surface area contributed by atoms with Crippen molar-refractivity contribution in [3.63, 3.8) is 0 Å². The van der Waals surface area contributed by atoms with E-state index in [9.17, 15) is 0 Å². The Labute approximate surface area is 83.5 Å². The fourth-order valence-electron chi connectivity index (χ4n) is 1.09. The molecule has 1 heterocycles. The van der Waals surface area contributed by atoms with Crippen molar-refractivity contribution >= 4 is 22.4 Å². The number of nitrogens with zero attached hydrogens (tertiary/aromatic N) is 1. The third-order valence-corrected chi connectivity index (χ3v) is 2.95. The van der Waals surface area contributed by atoms with Gasteiger partial charge in [0.25, 0.3) is 0 Å². The fourth-order valence-corrected chi connectivity index (χ4v) is 1.82. The van der Waals surface area contributed by atoms with E-state index in [0.717, 1.165) is 17.1 Å². The Morgan fingerprint density at radius 3 is 2.77 bits per heavy atom. The molecular weight excluding hydrogens is 182 g/mol. The molecule has 0 aliphatic heterocycles. The summed E-state index contributed by atoms with van der Waals surface area (Å²) < 4.78 is 4.07. The second-order valence-corrected chi connectivity index (χ2v) is 3.93. The highest BCUT2D eigenvalue weighted by atomic mass is 32.1. The smallest absolute Gasteiger partial charge is 0.142 e. The third-order valence-electron chi connectivity index (χ3n) is 2.03. The van der Waals surface area contributed by atoms with Gasteiger partial charge in [0.15, 0.2) is 0 Å². The number of hydrogen-bond acceptors (Lipinski definition) is 4. The molecule has 0 spiro atoms. The van der Waals surface area contributed by atoms with E-state index in [0.29, 0.717) is 5.82 Å². The van der Waals surface area contributed by atoms with Gasteiger partial charge in [-0.2, -0.15) is 4.37 Å². The van der Waals surface area contributed by atoms with Crippen molar-refractivity contribution in [2.45, 2.75) is 33.1 Å². The fraction of sp³-hybridized carbons (Fsp3) is 0.667. The van der Waals surface area contributed by atoms with E-state index >= 15 is 0 Å². The number of nitrogen functional groups attached to an aromatic ring is 1. The number of aromatic nitrogens is 1. The van der Waals surface area contributed by atoms with E-state index < -0.39 is 0 Å². The Kier molecular flexibility index (Phi) is 4.02. The predicted molar refractivity (Wildman–Crippen MR) is 59.3 cm³/mol. The lowest BCUT2D eigenvalue weighted by Gasteiger charge is -2.02. The largest absolute Gasteiger partial charge is 0.383 e. The van der Waals surface area contributed by atoms with Crippen molar-refractivity contribution in [1.29, 1.82) is 0 Å². The number of unbranched alkanes of at least 4 members (excludes halogenated alkanes) is 2. The second-order valence-electron chi connectivity index (χ2n) is 3.16. The molecule has 1 rings (SSSR count). The first-order valence-electron chi connectivity index (χ1n) is 4.71. The average Bonchev–Trinajstić information content (AvgIpc) is 2.43. The molecule has 3 nitrogen and oxygen atoms in total. The summed E-state index contributed by atoms with van der Waals surface area (Å²) in [6.07, 6.45) is 3.75. The molecule has 0 aliphatic rings. The normalized spacial score (nSPS) is 10.3. The van der Waals surface area contributed by atoms with Crippen LogP contribution in [0.15, 0.2) is 0 Å². The zero-order chi connectivity index (χ0) is 9.68. The lowest BCUT2D eigenvalue weighted by Crippen LogP contribution is -2.00. The molecule has 0 saturated heterocycles. The van der Waals surface area contributed by atoms with Crippen molar-refractivity contribution in [2.75, 3.05) is 17.6 Å². The highest BCUT2D eigenvalue weighted by Gasteiger charge is 2.04. The monoisotopic (exact) mass is 199 g/mol.